The van der Waals surface area contributed by atoms with E-state index in [1.54, 1.807) is 18.2 Å². The summed E-state index contributed by atoms with van der Waals surface area (Å²) < 4.78 is 5.74. The number of ether oxygens (including phenoxy) is 1. The number of hydrogen-bond acceptors (Lipinski definition) is 3. The van der Waals surface area contributed by atoms with Crippen molar-refractivity contribution >= 4 is 11.8 Å². The Labute approximate surface area is 131 Å². The molecule has 0 spiro atoms. The number of hydrogen-bond donors (Lipinski definition) is 1. The van der Waals surface area contributed by atoms with E-state index in [1.165, 1.54) is 32.6 Å². The molecule has 120 valence electrons. The van der Waals surface area contributed by atoms with Crippen LogP contribution >= 0.6 is 0 Å². The van der Waals surface area contributed by atoms with Crippen LogP contribution in [0.15, 0.2) is 35.1 Å². The third kappa shape index (κ3) is 2.74. The summed E-state index contributed by atoms with van der Waals surface area (Å²) in [7, 11) is 0. The van der Waals surface area contributed by atoms with Gasteiger partial charge in [0.1, 0.15) is 5.76 Å². The molecule has 0 aromatic heterocycles. The van der Waals surface area contributed by atoms with Crippen LogP contribution in [0.5, 0.6) is 0 Å². The lowest BCUT2D eigenvalue weighted by molar-refractivity contribution is -0.148. The summed E-state index contributed by atoms with van der Waals surface area (Å²) in [6.07, 6.45) is 12.1. The SMILES string of the molecule is CCCCCCCCOC1=C2C=CC(=C1)C2(C(C)=O)C(=O)O. The molecule has 0 radical (unpaired) electrons. The van der Waals surface area contributed by atoms with E-state index in [2.05, 4.69) is 6.92 Å². The number of allylic oxidation sites excluding steroid dienone is 3. The molecule has 22 heavy (non-hydrogen) atoms. The van der Waals surface area contributed by atoms with E-state index in [4.69, 9.17) is 4.74 Å². The van der Waals surface area contributed by atoms with Crippen LogP contribution in [0.4, 0.5) is 0 Å². The minimum absolute atomic E-state index is 0.371. The van der Waals surface area contributed by atoms with E-state index in [-0.39, 0.29) is 5.78 Å². The van der Waals surface area contributed by atoms with Crippen LogP contribution in [0.1, 0.15) is 52.4 Å². The monoisotopic (exact) mass is 304 g/mol. The van der Waals surface area contributed by atoms with E-state index in [0.29, 0.717) is 23.5 Å². The maximum absolute atomic E-state index is 11.9. The zero-order chi connectivity index (χ0) is 16.2. The molecule has 1 unspecified atom stereocenters. The van der Waals surface area contributed by atoms with Crippen molar-refractivity contribution in [2.75, 3.05) is 6.61 Å². The summed E-state index contributed by atoms with van der Waals surface area (Å²) >= 11 is 0. The molecule has 1 N–H and O–H groups in total. The van der Waals surface area contributed by atoms with E-state index in [0.717, 1.165) is 12.8 Å². The summed E-state index contributed by atoms with van der Waals surface area (Å²) in [5.74, 6) is -0.947. The minimum Gasteiger partial charge on any atom is -0.493 e. The highest BCUT2D eigenvalue weighted by atomic mass is 16.5. The van der Waals surface area contributed by atoms with Crippen LogP contribution < -0.4 is 0 Å². The standard InChI is InChI=1S/C18H24O4/c1-3-4-5-6-7-8-11-22-16-12-14-9-10-15(16)18(14,13(2)19)17(20)21/h9-10,12H,3-8,11H2,1-2H3,(H,20,21). The molecule has 0 heterocycles. The third-order valence-corrected chi connectivity index (χ3v) is 4.42. The average molecular weight is 304 g/mol. The fourth-order valence-corrected chi connectivity index (χ4v) is 3.19. The van der Waals surface area contributed by atoms with Gasteiger partial charge in [-0.25, -0.2) is 0 Å². The Bertz CT molecular complexity index is 537. The molecule has 2 rings (SSSR count). The Hall–Kier alpha value is -1.84. The van der Waals surface area contributed by atoms with E-state index in [1.807, 2.05) is 0 Å². The van der Waals surface area contributed by atoms with Gasteiger partial charge in [-0.3, -0.25) is 9.59 Å². The molecule has 0 aliphatic heterocycles. The molecule has 2 aliphatic carbocycles. The maximum Gasteiger partial charge on any atom is 0.326 e. The summed E-state index contributed by atoms with van der Waals surface area (Å²) in [4.78, 5) is 23.6. The van der Waals surface area contributed by atoms with Crippen molar-refractivity contribution in [3.63, 3.8) is 0 Å². The molecule has 0 amide bonds. The number of aliphatic carboxylic acids is 1. The predicted octanol–water partition coefficient (Wildman–Crippen LogP) is 3.79. The highest BCUT2D eigenvalue weighted by Crippen LogP contribution is 2.50. The van der Waals surface area contributed by atoms with Crippen LogP contribution in [-0.2, 0) is 14.3 Å². The summed E-state index contributed by atoms with van der Waals surface area (Å²) in [6, 6.07) is 0. The fraction of sp³-hybridized carbons (Fsp3) is 0.556. The van der Waals surface area contributed by atoms with Crippen LogP contribution in [0.3, 0.4) is 0 Å². The Morgan fingerprint density at radius 1 is 1.14 bits per heavy atom. The van der Waals surface area contributed by atoms with Gasteiger partial charge in [0.25, 0.3) is 0 Å². The van der Waals surface area contributed by atoms with Crippen LogP contribution in [0.2, 0.25) is 0 Å². The summed E-state index contributed by atoms with van der Waals surface area (Å²) in [5.41, 5.74) is -0.537. The number of carbonyl (C=O) groups is 2. The van der Waals surface area contributed by atoms with Gasteiger partial charge >= 0.3 is 5.97 Å². The lowest BCUT2D eigenvalue weighted by atomic mass is 9.78. The van der Waals surface area contributed by atoms with Crippen LogP contribution in [0.25, 0.3) is 0 Å². The second-order valence-electron chi connectivity index (χ2n) is 5.94. The highest BCUT2D eigenvalue weighted by molar-refractivity contribution is 6.12. The molecule has 0 fully saturated rings. The second-order valence-corrected chi connectivity index (χ2v) is 5.94. The van der Waals surface area contributed by atoms with Gasteiger partial charge in [0.2, 0.25) is 0 Å². The number of carbonyl (C=O) groups excluding carboxylic acids is 1. The average Bonchev–Trinajstić information content (AvgIpc) is 3.00. The molecular weight excluding hydrogens is 280 g/mol. The van der Waals surface area contributed by atoms with Gasteiger partial charge in [-0.2, -0.15) is 0 Å². The first-order valence-corrected chi connectivity index (χ1v) is 8.07. The smallest absolute Gasteiger partial charge is 0.326 e. The number of carboxylic acid groups (broad SMARTS) is 1. The first-order chi connectivity index (χ1) is 10.5. The topological polar surface area (TPSA) is 63.6 Å². The lowest BCUT2D eigenvalue weighted by Crippen LogP contribution is -2.37. The van der Waals surface area contributed by atoms with Gasteiger partial charge in [-0.1, -0.05) is 51.2 Å². The van der Waals surface area contributed by atoms with Crippen molar-refractivity contribution in [3.8, 4) is 0 Å². The first kappa shape index (κ1) is 16.5. The Kier molecular flexibility index (Phi) is 5.22. The molecule has 2 bridgehead atoms. The molecule has 0 saturated carbocycles. The third-order valence-electron chi connectivity index (χ3n) is 4.42. The molecule has 4 heteroatoms. The Morgan fingerprint density at radius 3 is 2.41 bits per heavy atom. The van der Waals surface area contributed by atoms with Gasteiger partial charge in [0, 0.05) is 5.57 Å². The number of carboxylic acids is 1. The van der Waals surface area contributed by atoms with E-state index in [9.17, 15) is 14.7 Å². The summed E-state index contributed by atoms with van der Waals surface area (Å²) in [6.45, 7) is 4.08. The number of Topliss-reactive ketones (excluding diaryl/α,β-unsaturated/α-hetero) is 1. The maximum atomic E-state index is 11.9. The van der Waals surface area contributed by atoms with Crippen LogP contribution in [-0.4, -0.2) is 23.5 Å². The molecule has 0 aromatic rings. The quantitative estimate of drug-likeness (QED) is 0.492. The number of fused-ring (bicyclic) bond motifs is 2. The zero-order valence-corrected chi connectivity index (χ0v) is 13.4. The highest BCUT2D eigenvalue weighted by Gasteiger charge is 2.55. The van der Waals surface area contributed by atoms with Gasteiger partial charge in [0.05, 0.1) is 6.61 Å². The van der Waals surface area contributed by atoms with Crippen LogP contribution in [0, 0.1) is 5.41 Å². The van der Waals surface area contributed by atoms with E-state index >= 15 is 0 Å². The zero-order valence-electron chi connectivity index (χ0n) is 13.4. The minimum atomic E-state index is -1.53. The molecule has 0 aromatic carbocycles. The van der Waals surface area contributed by atoms with Crippen molar-refractivity contribution in [1.29, 1.82) is 0 Å². The van der Waals surface area contributed by atoms with E-state index < -0.39 is 11.4 Å². The normalized spacial score (nSPS) is 22.2. The Morgan fingerprint density at radius 2 is 1.82 bits per heavy atom. The molecular formula is C18H24O4. The van der Waals surface area contributed by atoms with Gasteiger partial charge in [-0.05, 0) is 25.0 Å². The Balaban J connectivity index is 1.93. The van der Waals surface area contributed by atoms with Gasteiger partial charge < -0.3 is 9.84 Å². The lowest BCUT2D eigenvalue weighted by Gasteiger charge is -2.21. The molecule has 1 atom stereocenters. The number of rotatable bonds is 10. The summed E-state index contributed by atoms with van der Waals surface area (Å²) in [5, 5.41) is 9.53. The van der Waals surface area contributed by atoms with Crippen molar-refractivity contribution in [3.05, 3.63) is 35.1 Å². The first-order valence-electron chi connectivity index (χ1n) is 8.07. The van der Waals surface area contributed by atoms with Crippen molar-refractivity contribution in [2.24, 2.45) is 5.41 Å². The van der Waals surface area contributed by atoms with Gasteiger partial charge in [-0.15, -0.1) is 0 Å². The van der Waals surface area contributed by atoms with Crippen molar-refractivity contribution < 1.29 is 19.4 Å². The van der Waals surface area contributed by atoms with Crippen molar-refractivity contribution in [1.82, 2.24) is 0 Å². The number of unbranched alkanes of at least 4 members (excludes halogenated alkanes) is 5. The number of ketones is 1. The fourth-order valence-electron chi connectivity index (χ4n) is 3.19. The molecule has 4 nitrogen and oxygen atoms in total. The largest absolute Gasteiger partial charge is 0.493 e. The molecule has 0 saturated heterocycles. The predicted molar refractivity (Wildman–Crippen MR) is 84.3 cm³/mol. The second kappa shape index (κ2) is 6.95. The molecule has 2 aliphatic rings. The van der Waals surface area contributed by atoms with Gasteiger partial charge in [0.15, 0.2) is 11.2 Å². The van der Waals surface area contributed by atoms with Crippen molar-refractivity contribution in [2.45, 2.75) is 52.4 Å².